The number of carbonyl (C=O) groups excluding carboxylic acids is 1. The Kier molecular flexibility index (Phi) is 3.47. The Bertz CT molecular complexity index is 839. The Morgan fingerprint density at radius 2 is 2.05 bits per heavy atom. The second-order valence-corrected chi connectivity index (χ2v) is 5.26. The third-order valence-corrected chi connectivity index (χ3v) is 3.51. The van der Waals surface area contributed by atoms with Gasteiger partial charge in [-0.3, -0.25) is 4.79 Å². The SMILES string of the molecule is CCc1nnc(C)cc1C(=O)c1cc2cc(Cl)ccc2o1. The predicted molar refractivity (Wildman–Crippen MR) is 80.8 cm³/mol. The molecular weight excluding hydrogens is 288 g/mol. The van der Waals surface area contributed by atoms with Crippen LogP contribution in [0.2, 0.25) is 5.02 Å². The quantitative estimate of drug-likeness (QED) is 0.687. The maximum Gasteiger partial charge on any atom is 0.230 e. The summed E-state index contributed by atoms with van der Waals surface area (Å²) >= 11 is 5.95. The van der Waals surface area contributed by atoms with E-state index in [0.717, 1.165) is 5.39 Å². The Morgan fingerprint density at radius 3 is 2.81 bits per heavy atom. The van der Waals surface area contributed by atoms with Crippen LogP contribution in [-0.2, 0) is 6.42 Å². The second kappa shape index (κ2) is 5.30. The lowest BCUT2D eigenvalue weighted by molar-refractivity contribution is 0.101. The molecule has 21 heavy (non-hydrogen) atoms. The van der Waals surface area contributed by atoms with Crippen molar-refractivity contribution in [2.24, 2.45) is 0 Å². The van der Waals surface area contributed by atoms with Gasteiger partial charge in [-0.2, -0.15) is 10.2 Å². The van der Waals surface area contributed by atoms with Gasteiger partial charge < -0.3 is 4.42 Å². The van der Waals surface area contributed by atoms with Crippen molar-refractivity contribution in [1.29, 1.82) is 0 Å². The molecule has 1 aromatic carbocycles. The molecule has 0 bridgehead atoms. The van der Waals surface area contributed by atoms with Crippen molar-refractivity contribution in [3.63, 3.8) is 0 Å². The number of benzene rings is 1. The van der Waals surface area contributed by atoms with E-state index in [9.17, 15) is 4.79 Å². The van der Waals surface area contributed by atoms with Gasteiger partial charge in [0, 0.05) is 10.4 Å². The minimum atomic E-state index is -0.183. The number of halogens is 1. The van der Waals surface area contributed by atoms with Crippen molar-refractivity contribution < 1.29 is 9.21 Å². The number of fused-ring (bicyclic) bond motifs is 1. The molecule has 0 amide bonds. The molecule has 0 fully saturated rings. The van der Waals surface area contributed by atoms with Crippen LogP contribution in [0, 0.1) is 6.92 Å². The van der Waals surface area contributed by atoms with Gasteiger partial charge in [0.05, 0.1) is 17.0 Å². The molecule has 4 nitrogen and oxygen atoms in total. The van der Waals surface area contributed by atoms with Gasteiger partial charge in [-0.25, -0.2) is 0 Å². The number of ketones is 1. The van der Waals surface area contributed by atoms with Crippen LogP contribution in [-0.4, -0.2) is 16.0 Å². The summed E-state index contributed by atoms with van der Waals surface area (Å²) in [6.45, 7) is 3.75. The molecule has 0 spiro atoms. The van der Waals surface area contributed by atoms with E-state index in [4.69, 9.17) is 16.0 Å². The van der Waals surface area contributed by atoms with Crippen LogP contribution in [0.4, 0.5) is 0 Å². The lowest BCUT2D eigenvalue weighted by Crippen LogP contribution is -2.08. The maximum atomic E-state index is 12.6. The number of nitrogens with zero attached hydrogens (tertiary/aromatic N) is 2. The summed E-state index contributed by atoms with van der Waals surface area (Å²) in [5, 5.41) is 9.49. The number of furan rings is 1. The maximum absolute atomic E-state index is 12.6. The topological polar surface area (TPSA) is 56.0 Å². The molecule has 2 aromatic heterocycles. The first kappa shape index (κ1) is 13.8. The van der Waals surface area contributed by atoms with Crippen LogP contribution < -0.4 is 0 Å². The van der Waals surface area contributed by atoms with Gasteiger partial charge in [0.25, 0.3) is 0 Å². The highest BCUT2D eigenvalue weighted by Crippen LogP contribution is 2.25. The molecular formula is C16H13ClN2O2. The highest BCUT2D eigenvalue weighted by molar-refractivity contribution is 6.31. The van der Waals surface area contributed by atoms with Crippen LogP contribution in [0.25, 0.3) is 11.0 Å². The smallest absolute Gasteiger partial charge is 0.230 e. The van der Waals surface area contributed by atoms with Crippen LogP contribution in [0.15, 0.2) is 34.7 Å². The Balaban J connectivity index is 2.10. The molecule has 0 unspecified atom stereocenters. The van der Waals surface area contributed by atoms with E-state index in [0.29, 0.717) is 34.0 Å². The van der Waals surface area contributed by atoms with Crippen molar-refractivity contribution >= 4 is 28.4 Å². The zero-order valence-electron chi connectivity index (χ0n) is 11.7. The number of rotatable bonds is 3. The first-order valence-electron chi connectivity index (χ1n) is 6.65. The second-order valence-electron chi connectivity index (χ2n) is 4.82. The average molecular weight is 301 g/mol. The van der Waals surface area contributed by atoms with Crippen molar-refractivity contribution in [1.82, 2.24) is 10.2 Å². The molecule has 5 heteroatoms. The molecule has 2 heterocycles. The van der Waals surface area contributed by atoms with E-state index < -0.39 is 0 Å². The summed E-state index contributed by atoms with van der Waals surface area (Å²) in [5.74, 6) is 0.103. The van der Waals surface area contributed by atoms with Crippen LogP contribution in [0.1, 0.15) is 34.4 Å². The number of hydrogen-bond donors (Lipinski definition) is 0. The van der Waals surface area contributed by atoms with E-state index in [-0.39, 0.29) is 11.5 Å². The third kappa shape index (κ3) is 2.54. The monoisotopic (exact) mass is 300 g/mol. The molecule has 0 atom stereocenters. The molecule has 106 valence electrons. The molecule has 3 aromatic rings. The van der Waals surface area contributed by atoms with Gasteiger partial charge in [0.15, 0.2) is 5.76 Å². The summed E-state index contributed by atoms with van der Waals surface area (Å²) in [6, 6.07) is 8.71. The van der Waals surface area contributed by atoms with E-state index in [1.807, 2.05) is 13.8 Å². The number of hydrogen-bond acceptors (Lipinski definition) is 4. The first-order chi connectivity index (χ1) is 10.1. The van der Waals surface area contributed by atoms with Gasteiger partial charge >= 0.3 is 0 Å². The zero-order chi connectivity index (χ0) is 15.0. The highest BCUT2D eigenvalue weighted by atomic mass is 35.5. The number of aromatic nitrogens is 2. The highest BCUT2D eigenvalue weighted by Gasteiger charge is 2.19. The van der Waals surface area contributed by atoms with E-state index in [1.165, 1.54) is 0 Å². The molecule has 3 rings (SSSR count). The average Bonchev–Trinajstić information content (AvgIpc) is 2.89. The van der Waals surface area contributed by atoms with Crippen molar-refractivity contribution in [2.45, 2.75) is 20.3 Å². The van der Waals surface area contributed by atoms with Crippen LogP contribution >= 0.6 is 11.6 Å². The van der Waals surface area contributed by atoms with Gasteiger partial charge in [-0.15, -0.1) is 0 Å². The van der Waals surface area contributed by atoms with Crippen LogP contribution in [0.5, 0.6) is 0 Å². The molecule has 0 radical (unpaired) electrons. The molecule has 0 aliphatic heterocycles. The first-order valence-corrected chi connectivity index (χ1v) is 7.03. The fourth-order valence-electron chi connectivity index (χ4n) is 2.23. The number of aryl methyl sites for hydroxylation is 2. The molecule has 0 N–H and O–H groups in total. The fraction of sp³-hybridized carbons (Fsp3) is 0.188. The Hall–Kier alpha value is -2.20. The summed E-state index contributed by atoms with van der Waals surface area (Å²) in [7, 11) is 0. The van der Waals surface area contributed by atoms with Gasteiger partial charge in [0.1, 0.15) is 5.58 Å². The molecule has 0 aliphatic carbocycles. The molecule has 0 saturated carbocycles. The van der Waals surface area contributed by atoms with Crippen molar-refractivity contribution in [2.75, 3.05) is 0 Å². The van der Waals surface area contributed by atoms with Crippen molar-refractivity contribution in [3.05, 3.63) is 58.1 Å². The zero-order valence-corrected chi connectivity index (χ0v) is 12.4. The lowest BCUT2D eigenvalue weighted by Gasteiger charge is -2.04. The van der Waals surface area contributed by atoms with Gasteiger partial charge in [-0.05, 0) is 43.7 Å². The van der Waals surface area contributed by atoms with Crippen molar-refractivity contribution in [3.8, 4) is 0 Å². The molecule has 0 aliphatic rings. The van der Waals surface area contributed by atoms with Crippen LogP contribution in [0.3, 0.4) is 0 Å². The largest absolute Gasteiger partial charge is 0.453 e. The standard InChI is InChI=1S/C16H13ClN2O2/c1-3-13-12(6-9(2)18-19-13)16(20)15-8-10-7-11(17)4-5-14(10)21-15/h4-8H,3H2,1-2H3. The minimum absolute atomic E-state index is 0.183. The van der Waals surface area contributed by atoms with E-state index >= 15 is 0 Å². The third-order valence-electron chi connectivity index (χ3n) is 3.27. The number of carbonyl (C=O) groups is 1. The van der Waals surface area contributed by atoms with E-state index in [2.05, 4.69) is 10.2 Å². The predicted octanol–water partition coefficient (Wildman–Crippen LogP) is 3.98. The lowest BCUT2D eigenvalue weighted by atomic mass is 10.1. The van der Waals surface area contributed by atoms with Gasteiger partial charge in [0.2, 0.25) is 5.78 Å². The Morgan fingerprint density at radius 1 is 1.24 bits per heavy atom. The molecule has 0 saturated heterocycles. The fourth-order valence-corrected chi connectivity index (χ4v) is 2.41. The summed E-state index contributed by atoms with van der Waals surface area (Å²) in [5.41, 5.74) is 2.55. The summed E-state index contributed by atoms with van der Waals surface area (Å²) < 4.78 is 5.62. The normalized spacial score (nSPS) is 11.0. The van der Waals surface area contributed by atoms with Gasteiger partial charge in [-0.1, -0.05) is 18.5 Å². The van der Waals surface area contributed by atoms with E-state index in [1.54, 1.807) is 30.3 Å². The minimum Gasteiger partial charge on any atom is -0.453 e. The summed E-state index contributed by atoms with van der Waals surface area (Å²) in [6.07, 6.45) is 0.639. The summed E-state index contributed by atoms with van der Waals surface area (Å²) in [4.78, 5) is 12.6. The Labute approximate surface area is 126 Å².